The van der Waals surface area contributed by atoms with Gasteiger partial charge in [0.15, 0.2) is 11.0 Å². The third-order valence-corrected chi connectivity index (χ3v) is 6.03. The Bertz CT molecular complexity index is 671. The number of rotatable bonds is 5. The first-order chi connectivity index (χ1) is 10.1. The van der Waals surface area contributed by atoms with Crippen molar-refractivity contribution in [1.29, 1.82) is 0 Å². The summed E-state index contributed by atoms with van der Waals surface area (Å²) in [4.78, 5) is 9.25. The van der Waals surface area contributed by atoms with E-state index in [1.807, 2.05) is 10.7 Å². The lowest BCUT2D eigenvalue weighted by Gasteiger charge is -2.12. The van der Waals surface area contributed by atoms with Crippen LogP contribution >= 0.6 is 40.2 Å². The summed E-state index contributed by atoms with van der Waals surface area (Å²) >= 11 is 3.91. The first kappa shape index (κ1) is 15.5. The molecule has 1 aliphatic rings. The van der Waals surface area contributed by atoms with Crippen molar-refractivity contribution in [2.24, 2.45) is 0 Å². The molecule has 0 saturated heterocycles. The van der Waals surface area contributed by atoms with Crippen LogP contribution in [-0.2, 0) is 0 Å². The largest absolute Gasteiger partial charge is 0.323 e. The van der Waals surface area contributed by atoms with Crippen LogP contribution in [0.1, 0.15) is 35.7 Å². The second-order valence-electron chi connectivity index (χ2n) is 5.12. The minimum absolute atomic E-state index is 0.609. The third-order valence-electron chi connectivity index (χ3n) is 3.50. The molecule has 0 amide bonds. The zero-order valence-corrected chi connectivity index (χ0v) is 16.1. The van der Waals surface area contributed by atoms with Gasteiger partial charge in [-0.05, 0) is 60.9 Å². The van der Waals surface area contributed by atoms with E-state index < -0.39 is 0 Å². The Morgan fingerprint density at radius 2 is 2.14 bits per heavy atom. The fraction of sp³-hybridized carbons (Fsp3) is 0.462. The van der Waals surface area contributed by atoms with E-state index in [9.17, 15) is 0 Å². The highest BCUT2D eigenvalue weighted by Gasteiger charge is 2.30. The number of thioether (sulfide) groups is 1. The molecule has 2 aromatic heterocycles. The van der Waals surface area contributed by atoms with Gasteiger partial charge in [0.25, 0.3) is 0 Å². The minimum atomic E-state index is 0.609. The first-order valence-electron chi connectivity index (χ1n) is 6.75. The predicted octanol–water partition coefficient (Wildman–Crippen LogP) is 4.42. The molecule has 0 bridgehead atoms. The van der Waals surface area contributed by atoms with Gasteiger partial charge < -0.3 is 5.32 Å². The number of hydrogen-bond donors (Lipinski definition) is 1. The molecule has 1 aliphatic carbocycles. The highest BCUT2D eigenvalue weighted by atomic mass is 127. The Labute approximate surface area is 143 Å². The van der Waals surface area contributed by atoms with Crippen LogP contribution in [0, 0.1) is 13.8 Å². The number of halogens is 1. The summed E-state index contributed by atoms with van der Waals surface area (Å²) in [6.45, 7) is 4.15. The summed E-state index contributed by atoms with van der Waals surface area (Å²) in [5.74, 6) is 2.40. The molecule has 1 atom stereocenters. The minimum Gasteiger partial charge on any atom is -0.323 e. The van der Waals surface area contributed by atoms with E-state index in [2.05, 4.69) is 62.3 Å². The van der Waals surface area contributed by atoms with Gasteiger partial charge in [0.1, 0.15) is 5.82 Å². The molecule has 2 heterocycles. The van der Waals surface area contributed by atoms with Crippen LogP contribution in [0.3, 0.4) is 0 Å². The monoisotopic (exact) mass is 433 g/mol. The molecular weight excluding hydrogens is 416 g/mol. The number of nitrogens with one attached hydrogen (secondary N) is 1. The lowest BCUT2D eigenvalue weighted by Crippen LogP contribution is -2.05. The molecule has 1 saturated carbocycles. The van der Waals surface area contributed by atoms with Gasteiger partial charge in [-0.1, -0.05) is 11.8 Å². The number of aryl methyl sites for hydroxylation is 2. The lowest BCUT2D eigenvalue weighted by molar-refractivity contribution is 0.889. The van der Waals surface area contributed by atoms with Crippen LogP contribution in [-0.4, -0.2) is 25.8 Å². The molecule has 0 aromatic carbocycles. The van der Waals surface area contributed by atoms with Gasteiger partial charge in [0, 0.05) is 23.0 Å². The van der Waals surface area contributed by atoms with Crippen LogP contribution < -0.4 is 5.32 Å². The van der Waals surface area contributed by atoms with Gasteiger partial charge >= 0.3 is 0 Å². The van der Waals surface area contributed by atoms with Crippen molar-refractivity contribution in [3.8, 4) is 0 Å². The van der Waals surface area contributed by atoms with Crippen molar-refractivity contribution < 1.29 is 0 Å². The molecule has 8 heteroatoms. The van der Waals surface area contributed by atoms with Crippen LogP contribution in [0.4, 0.5) is 11.6 Å². The molecule has 21 heavy (non-hydrogen) atoms. The summed E-state index contributed by atoms with van der Waals surface area (Å²) in [7, 11) is 0. The lowest BCUT2D eigenvalue weighted by atomic mass is 10.1. The van der Waals surface area contributed by atoms with E-state index in [0.29, 0.717) is 12.3 Å². The molecular formula is C13H17IN5PS. The van der Waals surface area contributed by atoms with E-state index in [1.54, 1.807) is 11.8 Å². The normalized spacial score (nSPS) is 15.0. The van der Waals surface area contributed by atoms with Crippen molar-refractivity contribution in [1.82, 2.24) is 19.5 Å². The topological polar surface area (TPSA) is 55.6 Å². The SMILES string of the molecule is CSc1nc(C)c(C2CC2)c(Nc2cc(C)n(PI)n2)n1. The quantitative estimate of drug-likeness (QED) is 0.328. The summed E-state index contributed by atoms with van der Waals surface area (Å²) in [6, 6.07) is 2.07. The third kappa shape index (κ3) is 3.35. The van der Waals surface area contributed by atoms with Gasteiger partial charge in [-0.3, -0.25) is 0 Å². The van der Waals surface area contributed by atoms with Gasteiger partial charge in [-0.15, -0.1) is 0 Å². The first-order valence-corrected chi connectivity index (χ1v) is 12.0. The summed E-state index contributed by atoms with van der Waals surface area (Å²) in [6.07, 6.45) is 5.09. The highest BCUT2D eigenvalue weighted by Crippen LogP contribution is 2.45. The van der Waals surface area contributed by atoms with Crippen LogP contribution in [0.25, 0.3) is 0 Å². The van der Waals surface area contributed by atoms with E-state index in [4.69, 9.17) is 0 Å². The smallest absolute Gasteiger partial charge is 0.189 e. The van der Waals surface area contributed by atoms with Gasteiger partial charge in [-0.25, -0.2) is 14.4 Å². The molecule has 0 spiro atoms. The highest BCUT2D eigenvalue weighted by molar-refractivity contribution is 14.2. The molecule has 112 valence electrons. The summed E-state index contributed by atoms with van der Waals surface area (Å²) in [5, 5.41) is 8.79. The van der Waals surface area contributed by atoms with Crippen molar-refractivity contribution >= 4 is 51.8 Å². The zero-order valence-electron chi connectivity index (χ0n) is 12.1. The number of nitrogens with zero attached hydrogens (tertiary/aromatic N) is 4. The van der Waals surface area contributed by atoms with Crippen molar-refractivity contribution in [2.75, 3.05) is 11.6 Å². The van der Waals surface area contributed by atoms with Crippen LogP contribution in [0.2, 0.25) is 0 Å². The Balaban J connectivity index is 1.97. The molecule has 1 fully saturated rings. The van der Waals surface area contributed by atoms with E-state index in [0.717, 1.165) is 28.2 Å². The van der Waals surface area contributed by atoms with Gasteiger partial charge in [0.05, 0.1) is 6.37 Å². The molecule has 0 aliphatic heterocycles. The average molecular weight is 433 g/mol. The summed E-state index contributed by atoms with van der Waals surface area (Å²) < 4.78 is 2.00. The second-order valence-corrected chi connectivity index (χ2v) is 7.94. The molecule has 1 unspecified atom stereocenters. The van der Waals surface area contributed by atoms with Crippen molar-refractivity contribution in [3.05, 3.63) is 23.0 Å². The standard InChI is InChI=1S/C13H17IN5PS/c1-7-6-10(18-19(7)20-14)16-12-11(9-4-5-9)8(2)15-13(17-12)21-3/h6,9,20H,4-5H2,1-3H3,(H,15,16,17,18). The predicted molar refractivity (Wildman–Crippen MR) is 98.5 cm³/mol. The molecule has 5 nitrogen and oxygen atoms in total. The Morgan fingerprint density at radius 1 is 1.38 bits per heavy atom. The van der Waals surface area contributed by atoms with Gasteiger partial charge in [0.2, 0.25) is 0 Å². The second kappa shape index (κ2) is 6.38. The van der Waals surface area contributed by atoms with E-state index in [-0.39, 0.29) is 0 Å². The van der Waals surface area contributed by atoms with Crippen LogP contribution in [0.5, 0.6) is 0 Å². The van der Waals surface area contributed by atoms with E-state index in [1.165, 1.54) is 18.4 Å². The maximum atomic E-state index is 4.67. The molecule has 0 radical (unpaired) electrons. The van der Waals surface area contributed by atoms with Gasteiger partial charge in [-0.2, -0.15) is 5.10 Å². The molecule has 2 aromatic rings. The maximum Gasteiger partial charge on any atom is 0.189 e. The number of hydrogen-bond acceptors (Lipinski definition) is 5. The van der Waals surface area contributed by atoms with E-state index >= 15 is 0 Å². The van der Waals surface area contributed by atoms with Crippen LogP contribution in [0.15, 0.2) is 11.2 Å². The number of anilines is 2. The summed E-state index contributed by atoms with van der Waals surface area (Å²) in [5.41, 5.74) is 3.51. The molecule has 3 rings (SSSR count). The van der Waals surface area contributed by atoms with Crippen molar-refractivity contribution in [2.45, 2.75) is 37.8 Å². The molecule has 1 N–H and O–H groups in total. The Kier molecular flexibility index (Phi) is 4.71. The Hall–Kier alpha value is -0.400. The number of aromatic nitrogens is 4. The van der Waals surface area contributed by atoms with Crippen molar-refractivity contribution in [3.63, 3.8) is 0 Å². The maximum absolute atomic E-state index is 4.67. The fourth-order valence-electron chi connectivity index (χ4n) is 2.35. The zero-order chi connectivity index (χ0) is 15.0. The Morgan fingerprint density at radius 3 is 2.71 bits per heavy atom. The average Bonchev–Trinajstić information content (AvgIpc) is 3.22. The fourth-order valence-corrected chi connectivity index (χ4v) is 4.56.